The first-order valence-electron chi connectivity index (χ1n) is 4.08. The van der Waals surface area contributed by atoms with Crippen molar-refractivity contribution >= 4 is 0 Å². The molecular formula is C10H16O. The van der Waals surface area contributed by atoms with Crippen molar-refractivity contribution in [3.63, 3.8) is 0 Å². The molecule has 0 spiro atoms. The predicted molar refractivity (Wildman–Crippen MR) is 47.3 cm³/mol. The van der Waals surface area contributed by atoms with Gasteiger partial charge in [-0.15, -0.1) is 0 Å². The molecule has 0 bridgehead atoms. The van der Waals surface area contributed by atoms with Crippen LogP contribution in [-0.2, 0) is 0 Å². The lowest BCUT2D eigenvalue weighted by Gasteiger charge is -2.27. The molecule has 0 saturated heterocycles. The van der Waals surface area contributed by atoms with Crippen molar-refractivity contribution in [2.75, 3.05) is 0 Å². The van der Waals surface area contributed by atoms with Crippen molar-refractivity contribution in [2.24, 2.45) is 5.92 Å². The lowest BCUT2D eigenvalue weighted by molar-refractivity contribution is 0.0903. The van der Waals surface area contributed by atoms with Crippen molar-refractivity contribution < 1.29 is 5.11 Å². The topological polar surface area (TPSA) is 20.2 Å². The van der Waals surface area contributed by atoms with Crippen molar-refractivity contribution in [1.82, 2.24) is 0 Å². The van der Waals surface area contributed by atoms with Crippen LogP contribution in [0, 0.1) is 5.92 Å². The maximum Gasteiger partial charge on any atom is 0.0800 e. The highest BCUT2D eigenvalue weighted by molar-refractivity contribution is 5.14. The van der Waals surface area contributed by atoms with Gasteiger partial charge in [0.2, 0.25) is 0 Å². The third kappa shape index (κ3) is 2.19. The van der Waals surface area contributed by atoms with E-state index in [0.717, 1.165) is 12.8 Å². The molecule has 1 heteroatoms. The highest BCUT2D eigenvalue weighted by Gasteiger charge is 2.23. The molecule has 1 nitrogen and oxygen atoms in total. The van der Waals surface area contributed by atoms with Crippen molar-refractivity contribution in [3.05, 3.63) is 24.3 Å². The van der Waals surface area contributed by atoms with E-state index in [9.17, 15) is 5.11 Å². The van der Waals surface area contributed by atoms with Crippen LogP contribution in [0.4, 0.5) is 0 Å². The van der Waals surface area contributed by atoms with Crippen LogP contribution < -0.4 is 0 Å². The summed E-state index contributed by atoms with van der Waals surface area (Å²) in [6, 6.07) is 0. The molecule has 0 radical (unpaired) electrons. The van der Waals surface area contributed by atoms with Gasteiger partial charge in [-0.1, -0.05) is 24.3 Å². The molecule has 1 aliphatic rings. The van der Waals surface area contributed by atoms with Gasteiger partial charge in [-0.3, -0.25) is 0 Å². The zero-order chi connectivity index (χ0) is 8.48. The molecule has 0 heterocycles. The van der Waals surface area contributed by atoms with Crippen LogP contribution in [0.25, 0.3) is 0 Å². The molecule has 0 aromatic carbocycles. The molecule has 0 aromatic heterocycles. The summed E-state index contributed by atoms with van der Waals surface area (Å²) < 4.78 is 0. The van der Waals surface area contributed by atoms with Gasteiger partial charge in [-0.25, -0.2) is 0 Å². The highest BCUT2D eigenvalue weighted by atomic mass is 16.3. The minimum atomic E-state index is -0.577. The van der Waals surface area contributed by atoms with E-state index in [1.54, 1.807) is 0 Å². The van der Waals surface area contributed by atoms with Gasteiger partial charge in [0.1, 0.15) is 0 Å². The Morgan fingerprint density at radius 2 is 2.36 bits per heavy atom. The Hall–Kier alpha value is -0.560. The van der Waals surface area contributed by atoms with Crippen LogP contribution in [0.1, 0.15) is 26.7 Å². The van der Waals surface area contributed by atoms with Crippen LogP contribution in [0.3, 0.4) is 0 Å². The molecule has 62 valence electrons. The second kappa shape index (κ2) is 2.82. The lowest BCUT2D eigenvalue weighted by atomic mass is 9.84. The predicted octanol–water partition coefficient (Wildman–Crippen LogP) is 2.28. The Morgan fingerprint density at radius 1 is 1.73 bits per heavy atom. The smallest absolute Gasteiger partial charge is 0.0800 e. The molecule has 0 aromatic rings. The summed E-state index contributed by atoms with van der Waals surface area (Å²) in [5, 5.41) is 9.56. The molecule has 1 N–H and O–H groups in total. The van der Waals surface area contributed by atoms with Gasteiger partial charge in [0.25, 0.3) is 0 Å². The van der Waals surface area contributed by atoms with Crippen molar-refractivity contribution in [2.45, 2.75) is 32.3 Å². The summed E-state index contributed by atoms with van der Waals surface area (Å²) in [6.07, 6.45) is 5.82. The normalized spacial score (nSPS) is 37.2. The Labute approximate surface area is 68.4 Å². The third-order valence-electron chi connectivity index (χ3n) is 2.28. The largest absolute Gasteiger partial charge is 0.386 e. The van der Waals surface area contributed by atoms with E-state index in [4.69, 9.17) is 0 Å². The number of aliphatic hydroxyl groups is 1. The van der Waals surface area contributed by atoms with E-state index in [1.165, 1.54) is 5.57 Å². The lowest BCUT2D eigenvalue weighted by Crippen LogP contribution is -2.25. The molecule has 0 aliphatic heterocycles. The number of hydrogen-bond donors (Lipinski definition) is 1. The van der Waals surface area contributed by atoms with Gasteiger partial charge in [0, 0.05) is 0 Å². The quantitative estimate of drug-likeness (QED) is 0.571. The summed E-state index contributed by atoms with van der Waals surface area (Å²) in [7, 11) is 0. The maximum absolute atomic E-state index is 9.56. The van der Waals surface area contributed by atoms with Gasteiger partial charge in [0.15, 0.2) is 0 Å². The van der Waals surface area contributed by atoms with Crippen molar-refractivity contribution in [1.29, 1.82) is 0 Å². The summed E-state index contributed by atoms with van der Waals surface area (Å²) in [5.74, 6) is 0.482. The number of hydrogen-bond acceptors (Lipinski definition) is 1. The van der Waals surface area contributed by atoms with Crippen LogP contribution in [0.2, 0.25) is 0 Å². The average Bonchev–Trinajstić information content (AvgIpc) is 1.86. The summed E-state index contributed by atoms with van der Waals surface area (Å²) >= 11 is 0. The standard InChI is InChI=1S/C10H16O/c1-8(2)9-4-6-10(3,11)7-5-9/h4,6,9,11H,1,5,7H2,2-3H3/t9-,10?/m1/s1. The van der Waals surface area contributed by atoms with Crippen molar-refractivity contribution in [3.8, 4) is 0 Å². The fraction of sp³-hybridized carbons (Fsp3) is 0.600. The van der Waals surface area contributed by atoms with E-state index in [2.05, 4.69) is 12.7 Å². The first-order valence-corrected chi connectivity index (χ1v) is 4.08. The van der Waals surface area contributed by atoms with Gasteiger partial charge < -0.3 is 5.11 Å². The summed E-state index contributed by atoms with van der Waals surface area (Å²) in [4.78, 5) is 0. The zero-order valence-corrected chi connectivity index (χ0v) is 7.30. The molecule has 1 aliphatic carbocycles. The fourth-order valence-corrected chi connectivity index (χ4v) is 1.36. The molecule has 0 fully saturated rings. The molecule has 0 saturated carbocycles. The minimum absolute atomic E-state index is 0.482. The Bertz CT molecular complexity index is 189. The molecule has 2 atom stereocenters. The van der Waals surface area contributed by atoms with Gasteiger partial charge in [0.05, 0.1) is 5.60 Å². The molecule has 0 amide bonds. The average molecular weight is 152 g/mol. The van der Waals surface area contributed by atoms with Gasteiger partial charge in [-0.2, -0.15) is 0 Å². The highest BCUT2D eigenvalue weighted by Crippen LogP contribution is 2.28. The number of rotatable bonds is 1. The maximum atomic E-state index is 9.56. The fourth-order valence-electron chi connectivity index (χ4n) is 1.36. The van der Waals surface area contributed by atoms with Crippen LogP contribution in [0.5, 0.6) is 0 Å². The SMILES string of the molecule is C=C(C)[C@@H]1C=CC(C)(O)CC1. The second-order valence-electron chi connectivity index (χ2n) is 3.71. The molecule has 1 unspecified atom stereocenters. The van der Waals surface area contributed by atoms with Crippen LogP contribution in [-0.4, -0.2) is 10.7 Å². The van der Waals surface area contributed by atoms with E-state index >= 15 is 0 Å². The first-order chi connectivity index (χ1) is 5.01. The third-order valence-corrected chi connectivity index (χ3v) is 2.28. The minimum Gasteiger partial charge on any atom is -0.386 e. The van der Waals surface area contributed by atoms with Gasteiger partial charge >= 0.3 is 0 Å². The Kier molecular flexibility index (Phi) is 2.19. The first kappa shape index (κ1) is 8.54. The summed E-state index contributed by atoms with van der Waals surface area (Å²) in [5.41, 5.74) is 0.614. The second-order valence-corrected chi connectivity index (χ2v) is 3.71. The number of allylic oxidation sites excluding steroid dienone is 2. The van der Waals surface area contributed by atoms with E-state index in [-0.39, 0.29) is 0 Å². The van der Waals surface area contributed by atoms with Crippen LogP contribution in [0.15, 0.2) is 24.3 Å². The Balaban J connectivity index is 2.63. The van der Waals surface area contributed by atoms with E-state index < -0.39 is 5.60 Å². The van der Waals surface area contributed by atoms with Gasteiger partial charge in [-0.05, 0) is 32.6 Å². The summed E-state index contributed by atoms with van der Waals surface area (Å²) in [6.45, 7) is 7.78. The Morgan fingerprint density at radius 3 is 2.73 bits per heavy atom. The molecule has 11 heavy (non-hydrogen) atoms. The molecule has 1 rings (SSSR count). The monoisotopic (exact) mass is 152 g/mol. The van der Waals surface area contributed by atoms with Crippen LogP contribution >= 0.6 is 0 Å². The molecular weight excluding hydrogens is 136 g/mol. The van der Waals surface area contributed by atoms with E-state index in [0.29, 0.717) is 5.92 Å². The van der Waals surface area contributed by atoms with E-state index in [1.807, 2.05) is 19.9 Å². The zero-order valence-electron chi connectivity index (χ0n) is 7.30.